The number of nitrogens with two attached hydrogens (primary N) is 1. The molecule has 1 aromatic carbocycles. The number of hydrogen-bond donors (Lipinski definition) is 1. The lowest BCUT2D eigenvalue weighted by Gasteiger charge is -2.09. The van der Waals surface area contributed by atoms with Gasteiger partial charge in [0.05, 0.1) is 0 Å². The molecule has 2 N–H and O–H groups in total. The van der Waals surface area contributed by atoms with Crippen molar-refractivity contribution in [1.29, 1.82) is 0 Å². The van der Waals surface area contributed by atoms with Crippen molar-refractivity contribution in [3.8, 4) is 0 Å². The first-order valence-corrected chi connectivity index (χ1v) is 5.02. The molecule has 0 atom stereocenters. The molecule has 0 spiro atoms. The first kappa shape index (κ1) is 9.07. The predicted octanol–water partition coefficient (Wildman–Crippen LogP) is 3.39. The van der Waals surface area contributed by atoms with Gasteiger partial charge in [-0.05, 0) is 36.5 Å². The van der Waals surface area contributed by atoms with E-state index < -0.39 is 0 Å². The standard InChI is InChI=1S/C13H15N/c1-10(11-6-2-3-7-11)12-8-4-5-9-13(12)14/h4-6,8-9H,1-3,7,14H2. The Balaban J connectivity index is 2.31. The molecule has 0 amide bonds. The molecule has 1 aliphatic carbocycles. The Morgan fingerprint density at radius 1 is 1.29 bits per heavy atom. The summed E-state index contributed by atoms with van der Waals surface area (Å²) in [5.41, 5.74) is 10.3. The largest absolute Gasteiger partial charge is 0.398 e. The highest BCUT2D eigenvalue weighted by Crippen LogP contribution is 2.32. The molecule has 0 bridgehead atoms. The molecule has 2 rings (SSSR count). The van der Waals surface area contributed by atoms with E-state index in [4.69, 9.17) is 5.73 Å². The number of hydrogen-bond acceptors (Lipinski definition) is 1. The summed E-state index contributed by atoms with van der Waals surface area (Å²) in [7, 11) is 0. The second kappa shape index (κ2) is 3.70. The van der Waals surface area contributed by atoms with Gasteiger partial charge in [0.25, 0.3) is 0 Å². The van der Waals surface area contributed by atoms with Crippen molar-refractivity contribution in [3.05, 3.63) is 48.1 Å². The molecule has 0 aromatic heterocycles. The number of rotatable bonds is 2. The van der Waals surface area contributed by atoms with Gasteiger partial charge >= 0.3 is 0 Å². The average molecular weight is 185 g/mol. The first-order chi connectivity index (χ1) is 6.79. The first-order valence-electron chi connectivity index (χ1n) is 5.02. The molecule has 1 nitrogen and oxygen atoms in total. The molecular weight excluding hydrogens is 170 g/mol. The topological polar surface area (TPSA) is 26.0 Å². The molecule has 0 unspecified atom stereocenters. The van der Waals surface area contributed by atoms with E-state index in [1.54, 1.807) is 0 Å². The monoisotopic (exact) mass is 185 g/mol. The lowest BCUT2D eigenvalue weighted by atomic mass is 9.98. The van der Waals surface area contributed by atoms with Gasteiger partial charge in [-0.3, -0.25) is 0 Å². The van der Waals surface area contributed by atoms with E-state index in [9.17, 15) is 0 Å². The molecule has 72 valence electrons. The van der Waals surface area contributed by atoms with Crippen LogP contribution in [-0.4, -0.2) is 0 Å². The fourth-order valence-corrected chi connectivity index (χ4v) is 1.89. The van der Waals surface area contributed by atoms with E-state index in [0.29, 0.717) is 0 Å². The molecule has 0 radical (unpaired) electrons. The third kappa shape index (κ3) is 1.58. The van der Waals surface area contributed by atoms with Crippen molar-refractivity contribution < 1.29 is 0 Å². The SMILES string of the molecule is C=C(C1=CCCC1)c1ccccc1N. The maximum Gasteiger partial charge on any atom is 0.0393 e. The quantitative estimate of drug-likeness (QED) is 0.702. The van der Waals surface area contributed by atoms with Gasteiger partial charge in [0.1, 0.15) is 0 Å². The van der Waals surface area contributed by atoms with E-state index >= 15 is 0 Å². The Morgan fingerprint density at radius 3 is 2.71 bits per heavy atom. The number of para-hydroxylation sites is 1. The third-order valence-corrected chi connectivity index (χ3v) is 2.71. The molecule has 1 heteroatoms. The highest BCUT2D eigenvalue weighted by atomic mass is 14.6. The van der Waals surface area contributed by atoms with Crippen LogP contribution in [0.5, 0.6) is 0 Å². The molecule has 1 aromatic rings. The van der Waals surface area contributed by atoms with Crippen LogP contribution in [0.1, 0.15) is 24.8 Å². The summed E-state index contributed by atoms with van der Waals surface area (Å²) in [6.07, 6.45) is 5.85. The third-order valence-electron chi connectivity index (χ3n) is 2.71. The van der Waals surface area contributed by atoms with Gasteiger partial charge in [0.15, 0.2) is 0 Å². The van der Waals surface area contributed by atoms with Gasteiger partial charge in [-0.2, -0.15) is 0 Å². The highest BCUT2D eigenvalue weighted by molar-refractivity contribution is 5.83. The van der Waals surface area contributed by atoms with Gasteiger partial charge in [-0.1, -0.05) is 30.9 Å². The Bertz CT molecular complexity index is 388. The summed E-state index contributed by atoms with van der Waals surface area (Å²) in [4.78, 5) is 0. The zero-order valence-electron chi connectivity index (χ0n) is 8.29. The van der Waals surface area contributed by atoms with Gasteiger partial charge in [0.2, 0.25) is 0 Å². The average Bonchev–Trinajstić information content (AvgIpc) is 2.70. The van der Waals surface area contributed by atoms with E-state index in [2.05, 4.69) is 12.7 Å². The van der Waals surface area contributed by atoms with Crippen LogP contribution in [-0.2, 0) is 0 Å². The molecule has 0 aliphatic heterocycles. The van der Waals surface area contributed by atoms with Crippen LogP contribution < -0.4 is 5.73 Å². The number of benzene rings is 1. The molecule has 0 heterocycles. The summed E-state index contributed by atoms with van der Waals surface area (Å²) in [5, 5.41) is 0. The smallest absolute Gasteiger partial charge is 0.0393 e. The second-order valence-electron chi connectivity index (χ2n) is 3.69. The summed E-state index contributed by atoms with van der Waals surface area (Å²) in [6, 6.07) is 7.92. The van der Waals surface area contributed by atoms with E-state index in [1.165, 1.54) is 18.4 Å². The minimum atomic E-state index is 0.824. The summed E-state index contributed by atoms with van der Waals surface area (Å²) in [5.74, 6) is 0. The van der Waals surface area contributed by atoms with Crippen molar-refractivity contribution in [2.24, 2.45) is 0 Å². The number of nitrogen functional groups attached to an aromatic ring is 1. The maximum absolute atomic E-state index is 5.90. The lowest BCUT2D eigenvalue weighted by molar-refractivity contribution is 0.918. The maximum atomic E-state index is 5.90. The fraction of sp³-hybridized carbons (Fsp3) is 0.231. The Morgan fingerprint density at radius 2 is 2.07 bits per heavy atom. The van der Waals surface area contributed by atoms with Crippen molar-refractivity contribution in [3.63, 3.8) is 0 Å². The van der Waals surface area contributed by atoms with Crippen LogP contribution in [0, 0.1) is 0 Å². The van der Waals surface area contributed by atoms with Gasteiger partial charge in [0, 0.05) is 11.3 Å². The normalized spacial score (nSPS) is 15.3. The van der Waals surface area contributed by atoms with Crippen LogP contribution in [0.2, 0.25) is 0 Å². The Labute approximate surface area is 84.9 Å². The molecule has 0 saturated heterocycles. The zero-order valence-corrected chi connectivity index (χ0v) is 8.29. The molecule has 0 saturated carbocycles. The number of anilines is 1. The van der Waals surface area contributed by atoms with Crippen molar-refractivity contribution >= 4 is 11.3 Å². The minimum absolute atomic E-state index is 0.824. The summed E-state index contributed by atoms with van der Waals surface area (Å²) in [6.45, 7) is 4.12. The van der Waals surface area contributed by atoms with Crippen LogP contribution >= 0.6 is 0 Å². The highest BCUT2D eigenvalue weighted by Gasteiger charge is 2.11. The molecular formula is C13H15N. The summed E-state index contributed by atoms with van der Waals surface area (Å²) >= 11 is 0. The van der Waals surface area contributed by atoms with Crippen LogP contribution in [0.4, 0.5) is 5.69 Å². The minimum Gasteiger partial charge on any atom is -0.398 e. The summed E-state index contributed by atoms with van der Waals surface area (Å²) < 4.78 is 0. The molecule has 1 aliphatic rings. The molecule has 0 fully saturated rings. The Hall–Kier alpha value is -1.50. The lowest BCUT2D eigenvalue weighted by Crippen LogP contribution is -1.93. The van der Waals surface area contributed by atoms with Crippen molar-refractivity contribution in [1.82, 2.24) is 0 Å². The fourth-order valence-electron chi connectivity index (χ4n) is 1.89. The van der Waals surface area contributed by atoms with Crippen molar-refractivity contribution in [2.75, 3.05) is 5.73 Å². The second-order valence-corrected chi connectivity index (χ2v) is 3.69. The van der Waals surface area contributed by atoms with Gasteiger partial charge in [-0.25, -0.2) is 0 Å². The Kier molecular flexibility index (Phi) is 2.40. The predicted molar refractivity (Wildman–Crippen MR) is 61.8 cm³/mol. The van der Waals surface area contributed by atoms with Crippen LogP contribution in [0.15, 0.2) is 42.5 Å². The number of allylic oxidation sites excluding steroid dienone is 3. The van der Waals surface area contributed by atoms with Crippen LogP contribution in [0.25, 0.3) is 5.57 Å². The van der Waals surface area contributed by atoms with Gasteiger partial charge in [-0.15, -0.1) is 0 Å². The molecule has 14 heavy (non-hydrogen) atoms. The zero-order chi connectivity index (χ0) is 9.97. The van der Waals surface area contributed by atoms with E-state index in [0.717, 1.165) is 23.2 Å². The van der Waals surface area contributed by atoms with E-state index in [1.807, 2.05) is 24.3 Å². The van der Waals surface area contributed by atoms with E-state index in [-0.39, 0.29) is 0 Å². The van der Waals surface area contributed by atoms with Crippen LogP contribution in [0.3, 0.4) is 0 Å². The van der Waals surface area contributed by atoms with Gasteiger partial charge < -0.3 is 5.73 Å². The van der Waals surface area contributed by atoms with Crippen molar-refractivity contribution in [2.45, 2.75) is 19.3 Å².